The third-order valence-corrected chi connectivity index (χ3v) is 4.22. The van der Waals surface area contributed by atoms with E-state index < -0.39 is 0 Å². The Morgan fingerprint density at radius 2 is 2.10 bits per heavy atom. The third-order valence-electron chi connectivity index (χ3n) is 3.72. The molecule has 104 valence electrons. The number of halogens is 2. The van der Waals surface area contributed by atoms with E-state index in [-0.39, 0.29) is 17.8 Å². The topological polar surface area (TPSA) is 35.2 Å². The van der Waals surface area contributed by atoms with Crippen LogP contribution in [0.5, 0.6) is 5.75 Å². The van der Waals surface area contributed by atoms with Gasteiger partial charge in [0.05, 0.1) is 6.61 Å². The van der Waals surface area contributed by atoms with Crippen molar-refractivity contribution in [3.8, 4) is 5.75 Å². The Morgan fingerprint density at radius 3 is 2.90 bits per heavy atom. The van der Waals surface area contributed by atoms with E-state index in [2.05, 4.69) is 15.9 Å². The van der Waals surface area contributed by atoms with Gasteiger partial charge in [0.25, 0.3) is 0 Å². The van der Waals surface area contributed by atoms with Crippen LogP contribution in [0.3, 0.4) is 0 Å². The van der Waals surface area contributed by atoms with Crippen LogP contribution in [-0.2, 0) is 6.42 Å². The maximum Gasteiger partial charge on any atom is 0.127 e. The number of rotatable bonds is 3. The molecule has 0 radical (unpaired) electrons. The van der Waals surface area contributed by atoms with Crippen LogP contribution in [0.1, 0.15) is 17.0 Å². The second-order valence-electron chi connectivity index (χ2n) is 5.06. The summed E-state index contributed by atoms with van der Waals surface area (Å²) in [6.07, 6.45) is 0.501. The van der Waals surface area contributed by atoms with Crippen molar-refractivity contribution < 1.29 is 9.13 Å². The summed E-state index contributed by atoms with van der Waals surface area (Å²) >= 11 is 3.26. The molecule has 0 saturated carbocycles. The molecular weight excluding hydrogens is 321 g/mol. The third kappa shape index (κ3) is 2.58. The summed E-state index contributed by atoms with van der Waals surface area (Å²) in [6.45, 7) is 0.568. The zero-order valence-corrected chi connectivity index (χ0v) is 12.4. The number of hydrogen-bond acceptors (Lipinski definition) is 2. The molecule has 4 heteroatoms. The van der Waals surface area contributed by atoms with Crippen molar-refractivity contribution in [3.05, 3.63) is 63.9 Å². The molecule has 2 aromatic carbocycles. The van der Waals surface area contributed by atoms with E-state index in [9.17, 15) is 4.39 Å². The molecule has 2 aromatic rings. The summed E-state index contributed by atoms with van der Waals surface area (Å²) in [5.41, 5.74) is 8.04. The molecule has 2 unspecified atom stereocenters. The lowest BCUT2D eigenvalue weighted by molar-refractivity contribution is 0.313. The molecule has 20 heavy (non-hydrogen) atoms. The Bertz CT molecular complexity index is 632. The average Bonchev–Trinajstić information content (AvgIpc) is 2.86. The first kappa shape index (κ1) is 13.6. The van der Waals surface area contributed by atoms with Crippen LogP contribution in [0.4, 0.5) is 4.39 Å². The van der Waals surface area contributed by atoms with Gasteiger partial charge in [-0.2, -0.15) is 0 Å². The molecule has 2 nitrogen and oxygen atoms in total. The lowest BCUT2D eigenvalue weighted by Gasteiger charge is -2.18. The van der Waals surface area contributed by atoms with Crippen LogP contribution < -0.4 is 10.5 Å². The predicted octanol–water partition coefficient (Wildman–Crippen LogP) is 3.63. The van der Waals surface area contributed by atoms with Crippen LogP contribution >= 0.6 is 15.9 Å². The highest BCUT2D eigenvalue weighted by atomic mass is 79.9. The fraction of sp³-hybridized carbons (Fsp3) is 0.250. The maximum absolute atomic E-state index is 13.9. The SMILES string of the molecule is NC(Cc1ccc(Br)cc1F)C1COc2ccccc21. The van der Waals surface area contributed by atoms with Gasteiger partial charge in [-0.25, -0.2) is 4.39 Å². The van der Waals surface area contributed by atoms with Crippen molar-refractivity contribution in [3.63, 3.8) is 0 Å². The number of benzene rings is 2. The number of nitrogens with two attached hydrogens (primary N) is 1. The van der Waals surface area contributed by atoms with Gasteiger partial charge in [-0.1, -0.05) is 40.2 Å². The first-order valence-corrected chi connectivity index (χ1v) is 7.35. The monoisotopic (exact) mass is 335 g/mol. The minimum absolute atomic E-state index is 0.120. The molecule has 0 amide bonds. The lowest BCUT2D eigenvalue weighted by atomic mass is 9.89. The second kappa shape index (κ2) is 5.54. The molecule has 0 aromatic heterocycles. The van der Waals surface area contributed by atoms with Crippen LogP contribution in [0.2, 0.25) is 0 Å². The van der Waals surface area contributed by atoms with Gasteiger partial charge in [0.1, 0.15) is 11.6 Å². The fourth-order valence-corrected chi connectivity index (χ4v) is 2.96. The lowest BCUT2D eigenvalue weighted by Crippen LogP contribution is -2.32. The molecule has 2 N–H and O–H groups in total. The van der Waals surface area contributed by atoms with E-state index in [1.165, 1.54) is 6.07 Å². The van der Waals surface area contributed by atoms with Crippen LogP contribution in [0.25, 0.3) is 0 Å². The van der Waals surface area contributed by atoms with Gasteiger partial charge in [0, 0.05) is 22.0 Å². The summed E-state index contributed by atoms with van der Waals surface area (Å²) in [5, 5.41) is 0. The van der Waals surface area contributed by atoms with Crippen molar-refractivity contribution in [2.24, 2.45) is 5.73 Å². The molecule has 3 rings (SSSR count). The summed E-state index contributed by atoms with van der Waals surface area (Å²) in [7, 11) is 0. The number of fused-ring (bicyclic) bond motifs is 1. The predicted molar refractivity (Wildman–Crippen MR) is 80.5 cm³/mol. The zero-order chi connectivity index (χ0) is 14.1. The summed E-state index contributed by atoms with van der Waals surface area (Å²) in [5.74, 6) is 0.792. The van der Waals surface area contributed by atoms with Crippen molar-refractivity contribution >= 4 is 15.9 Å². The van der Waals surface area contributed by atoms with Gasteiger partial charge in [-0.15, -0.1) is 0 Å². The van der Waals surface area contributed by atoms with Crippen LogP contribution in [0, 0.1) is 5.82 Å². The van der Waals surface area contributed by atoms with Gasteiger partial charge in [-0.3, -0.25) is 0 Å². The highest BCUT2D eigenvalue weighted by Crippen LogP contribution is 2.35. The number of hydrogen-bond donors (Lipinski definition) is 1. The Hall–Kier alpha value is -1.39. The van der Waals surface area contributed by atoms with Gasteiger partial charge < -0.3 is 10.5 Å². The van der Waals surface area contributed by atoms with Gasteiger partial charge in [0.15, 0.2) is 0 Å². The standard InChI is InChI=1S/C16H15BrFNO/c17-11-6-5-10(14(18)8-11)7-15(19)13-9-20-16-4-2-1-3-12(13)16/h1-6,8,13,15H,7,9,19H2. The van der Waals surface area contributed by atoms with E-state index in [0.29, 0.717) is 18.6 Å². The molecule has 1 aliphatic heterocycles. The van der Waals surface area contributed by atoms with E-state index >= 15 is 0 Å². The van der Waals surface area contributed by atoms with Crippen molar-refractivity contribution in [1.82, 2.24) is 0 Å². The van der Waals surface area contributed by atoms with Crippen LogP contribution in [0.15, 0.2) is 46.9 Å². The highest BCUT2D eigenvalue weighted by Gasteiger charge is 2.29. The minimum Gasteiger partial charge on any atom is -0.493 e. The Labute approximate surface area is 125 Å². The van der Waals surface area contributed by atoms with E-state index in [1.807, 2.05) is 30.3 Å². The van der Waals surface area contributed by atoms with Gasteiger partial charge in [-0.05, 0) is 30.2 Å². The van der Waals surface area contributed by atoms with Crippen molar-refractivity contribution in [1.29, 1.82) is 0 Å². The molecule has 0 aliphatic carbocycles. The highest BCUT2D eigenvalue weighted by molar-refractivity contribution is 9.10. The average molecular weight is 336 g/mol. The smallest absolute Gasteiger partial charge is 0.127 e. The molecule has 2 atom stereocenters. The molecule has 1 heterocycles. The molecule has 0 bridgehead atoms. The Morgan fingerprint density at radius 1 is 1.30 bits per heavy atom. The first-order valence-electron chi connectivity index (χ1n) is 6.56. The largest absolute Gasteiger partial charge is 0.493 e. The molecular formula is C16H15BrFNO. The van der Waals surface area contributed by atoms with E-state index in [0.717, 1.165) is 15.8 Å². The Balaban J connectivity index is 1.79. The summed E-state index contributed by atoms with van der Waals surface area (Å²) in [6, 6.07) is 12.8. The molecule has 1 aliphatic rings. The van der Waals surface area contributed by atoms with Gasteiger partial charge in [0.2, 0.25) is 0 Å². The van der Waals surface area contributed by atoms with E-state index in [4.69, 9.17) is 10.5 Å². The molecule has 0 fully saturated rings. The van der Waals surface area contributed by atoms with E-state index in [1.54, 1.807) is 6.07 Å². The quantitative estimate of drug-likeness (QED) is 0.929. The normalized spacial score (nSPS) is 18.4. The molecule has 0 saturated heterocycles. The number of para-hydroxylation sites is 1. The summed E-state index contributed by atoms with van der Waals surface area (Å²) in [4.78, 5) is 0. The zero-order valence-electron chi connectivity index (χ0n) is 10.9. The summed E-state index contributed by atoms with van der Waals surface area (Å²) < 4.78 is 20.3. The van der Waals surface area contributed by atoms with Gasteiger partial charge >= 0.3 is 0 Å². The minimum atomic E-state index is -0.220. The first-order chi connectivity index (χ1) is 9.65. The number of ether oxygens (including phenoxy) is 1. The van der Waals surface area contributed by atoms with Crippen LogP contribution in [-0.4, -0.2) is 12.6 Å². The maximum atomic E-state index is 13.9. The van der Waals surface area contributed by atoms with Crippen molar-refractivity contribution in [2.75, 3.05) is 6.61 Å². The molecule has 0 spiro atoms. The second-order valence-corrected chi connectivity index (χ2v) is 5.97. The fourth-order valence-electron chi connectivity index (χ4n) is 2.63. The Kier molecular flexibility index (Phi) is 3.76. The van der Waals surface area contributed by atoms with Crippen molar-refractivity contribution in [2.45, 2.75) is 18.4 Å².